The van der Waals surface area contributed by atoms with Crippen LogP contribution in [-0.2, 0) is 0 Å². The van der Waals surface area contributed by atoms with Gasteiger partial charge >= 0.3 is 0 Å². The van der Waals surface area contributed by atoms with Gasteiger partial charge in [-0.15, -0.1) is 0 Å². The maximum absolute atomic E-state index is 8.90. The van der Waals surface area contributed by atoms with E-state index in [-0.39, 0.29) is 12.7 Å². The van der Waals surface area contributed by atoms with E-state index in [0.717, 1.165) is 22.8 Å². The standard InChI is InChI=1S/C19H23N7/c1-4-7-15(17(22-3)12-23-13-21)8-5-6-9-26-14(2)18-19(26)24-11-16(10-20)25-18/h4-8,11-12,14H,9,13,21H2,1-3H3/b6-5+,7-4-,15-8+,22-17-,23-12-. The molecule has 1 aromatic rings. The van der Waals surface area contributed by atoms with Gasteiger partial charge in [0.05, 0.1) is 24.6 Å². The number of allylic oxidation sites excluding steroid dienone is 5. The molecule has 0 amide bonds. The molecule has 0 saturated heterocycles. The lowest BCUT2D eigenvalue weighted by Gasteiger charge is -2.39. The molecule has 2 heterocycles. The zero-order valence-corrected chi connectivity index (χ0v) is 15.3. The van der Waals surface area contributed by atoms with Crippen LogP contribution in [0.1, 0.15) is 31.3 Å². The zero-order valence-electron chi connectivity index (χ0n) is 15.3. The Morgan fingerprint density at radius 1 is 1.50 bits per heavy atom. The van der Waals surface area contributed by atoms with Crippen molar-refractivity contribution in [2.24, 2.45) is 15.7 Å². The Kier molecular flexibility index (Phi) is 6.94. The topological polar surface area (TPSA) is 104 Å². The summed E-state index contributed by atoms with van der Waals surface area (Å²) in [7, 11) is 1.73. The Bertz CT molecular complexity index is 825. The van der Waals surface area contributed by atoms with Crippen LogP contribution in [0.4, 0.5) is 5.82 Å². The number of aliphatic imine (C=N–C) groups is 2. The molecule has 0 spiro atoms. The van der Waals surface area contributed by atoms with Gasteiger partial charge in [-0.25, -0.2) is 9.97 Å². The summed E-state index contributed by atoms with van der Waals surface area (Å²) in [5.41, 5.74) is 8.38. The van der Waals surface area contributed by atoms with E-state index in [1.807, 2.05) is 37.3 Å². The minimum atomic E-state index is 0.152. The van der Waals surface area contributed by atoms with Crippen molar-refractivity contribution in [3.05, 3.63) is 53.5 Å². The lowest BCUT2D eigenvalue weighted by Crippen LogP contribution is -2.38. The number of hydrogen-bond donors (Lipinski definition) is 1. The largest absolute Gasteiger partial charge is 0.343 e. The Morgan fingerprint density at radius 3 is 2.96 bits per heavy atom. The van der Waals surface area contributed by atoms with Crippen molar-refractivity contribution < 1.29 is 0 Å². The van der Waals surface area contributed by atoms with E-state index in [9.17, 15) is 0 Å². The summed E-state index contributed by atoms with van der Waals surface area (Å²) < 4.78 is 0. The van der Waals surface area contributed by atoms with E-state index in [1.54, 1.807) is 13.3 Å². The number of nitrogens with zero attached hydrogens (tertiary/aromatic N) is 6. The fourth-order valence-corrected chi connectivity index (χ4v) is 2.61. The van der Waals surface area contributed by atoms with Gasteiger partial charge in [0.15, 0.2) is 11.5 Å². The molecule has 1 atom stereocenters. The lowest BCUT2D eigenvalue weighted by molar-refractivity contribution is 0.599. The van der Waals surface area contributed by atoms with E-state index in [1.165, 1.54) is 6.20 Å². The SMILES string of the molecule is C\C=C/C(=C\C=C\CN1c2ncc(C#N)nc2C1C)C(/C=N\CN)=N\C. The first-order chi connectivity index (χ1) is 12.7. The van der Waals surface area contributed by atoms with Crippen LogP contribution in [0, 0.1) is 11.3 Å². The van der Waals surface area contributed by atoms with E-state index in [4.69, 9.17) is 11.0 Å². The third-order valence-electron chi connectivity index (χ3n) is 3.94. The van der Waals surface area contributed by atoms with Gasteiger partial charge in [0.1, 0.15) is 11.8 Å². The fourth-order valence-electron chi connectivity index (χ4n) is 2.61. The van der Waals surface area contributed by atoms with Crippen molar-refractivity contribution in [3.63, 3.8) is 0 Å². The molecule has 7 heteroatoms. The second kappa shape index (κ2) is 9.39. The molecule has 1 aliphatic heterocycles. The summed E-state index contributed by atoms with van der Waals surface area (Å²) >= 11 is 0. The maximum Gasteiger partial charge on any atom is 0.159 e. The van der Waals surface area contributed by atoms with Gasteiger partial charge in [0.2, 0.25) is 0 Å². The summed E-state index contributed by atoms with van der Waals surface area (Å²) in [5, 5.41) is 8.90. The fraction of sp³-hybridized carbons (Fsp3) is 0.316. The summed E-state index contributed by atoms with van der Waals surface area (Å²) in [6, 6.07) is 2.17. The average Bonchev–Trinajstić information content (AvgIpc) is 2.67. The quantitative estimate of drug-likeness (QED) is 0.601. The number of fused-ring (bicyclic) bond motifs is 1. The van der Waals surface area contributed by atoms with Crippen molar-refractivity contribution in [1.29, 1.82) is 5.26 Å². The monoisotopic (exact) mass is 349 g/mol. The highest BCUT2D eigenvalue weighted by molar-refractivity contribution is 6.39. The van der Waals surface area contributed by atoms with Crippen molar-refractivity contribution in [3.8, 4) is 6.07 Å². The van der Waals surface area contributed by atoms with Gasteiger partial charge in [0, 0.05) is 25.4 Å². The van der Waals surface area contributed by atoms with Crippen LogP contribution in [0.5, 0.6) is 0 Å². The molecule has 0 aromatic carbocycles. The van der Waals surface area contributed by atoms with Crippen LogP contribution >= 0.6 is 0 Å². The zero-order chi connectivity index (χ0) is 18.9. The predicted octanol–water partition coefficient (Wildman–Crippen LogP) is 2.35. The van der Waals surface area contributed by atoms with Gasteiger partial charge in [0.25, 0.3) is 0 Å². The van der Waals surface area contributed by atoms with Gasteiger partial charge in [-0.05, 0) is 13.8 Å². The van der Waals surface area contributed by atoms with Crippen LogP contribution in [0.2, 0.25) is 0 Å². The molecular weight excluding hydrogens is 326 g/mol. The molecule has 0 saturated carbocycles. The smallest absolute Gasteiger partial charge is 0.159 e. The number of anilines is 1. The highest BCUT2D eigenvalue weighted by Gasteiger charge is 2.33. The van der Waals surface area contributed by atoms with E-state index in [2.05, 4.69) is 37.9 Å². The predicted molar refractivity (Wildman–Crippen MR) is 105 cm³/mol. The third-order valence-corrected chi connectivity index (χ3v) is 3.94. The molecular formula is C19H23N7. The molecule has 2 rings (SSSR count). The van der Waals surface area contributed by atoms with E-state index < -0.39 is 0 Å². The van der Waals surface area contributed by atoms with Crippen LogP contribution in [0.15, 0.2) is 52.1 Å². The van der Waals surface area contributed by atoms with Gasteiger partial charge < -0.3 is 10.6 Å². The highest BCUT2D eigenvalue weighted by Crippen LogP contribution is 2.39. The number of rotatable bonds is 7. The molecule has 1 unspecified atom stereocenters. The first kappa shape index (κ1) is 19.2. The van der Waals surface area contributed by atoms with Gasteiger partial charge in [-0.2, -0.15) is 5.26 Å². The Labute approximate surface area is 154 Å². The maximum atomic E-state index is 8.90. The molecule has 1 aliphatic rings. The first-order valence-electron chi connectivity index (χ1n) is 8.36. The minimum absolute atomic E-state index is 0.152. The van der Waals surface area contributed by atoms with Gasteiger partial charge in [-0.3, -0.25) is 9.98 Å². The van der Waals surface area contributed by atoms with Crippen molar-refractivity contribution in [2.75, 3.05) is 25.2 Å². The van der Waals surface area contributed by atoms with Crippen molar-refractivity contribution in [1.82, 2.24) is 9.97 Å². The molecule has 0 bridgehead atoms. The summed E-state index contributed by atoms with van der Waals surface area (Å²) in [6.07, 6.45) is 13.1. The summed E-state index contributed by atoms with van der Waals surface area (Å²) in [6.45, 7) is 4.96. The van der Waals surface area contributed by atoms with Crippen LogP contribution in [0.25, 0.3) is 0 Å². The summed E-state index contributed by atoms with van der Waals surface area (Å²) in [5.74, 6) is 0.838. The molecule has 26 heavy (non-hydrogen) atoms. The first-order valence-corrected chi connectivity index (χ1v) is 8.36. The second-order valence-corrected chi connectivity index (χ2v) is 5.56. The van der Waals surface area contributed by atoms with Crippen molar-refractivity contribution in [2.45, 2.75) is 19.9 Å². The highest BCUT2D eigenvalue weighted by atomic mass is 15.3. The van der Waals surface area contributed by atoms with Gasteiger partial charge in [-0.1, -0.05) is 30.4 Å². The molecule has 0 aliphatic carbocycles. The Morgan fingerprint density at radius 2 is 2.31 bits per heavy atom. The van der Waals surface area contributed by atoms with E-state index >= 15 is 0 Å². The second-order valence-electron chi connectivity index (χ2n) is 5.56. The minimum Gasteiger partial charge on any atom is -0.343 e. The molecule has 0 radical (unpaired) electrons. The van der Waals surface area contributed by atoms with Crippen LogP contribution < -0.4 is 10.6 Å². The van der Waals surface area contributed by atoms with Crippen molar-refractivity contribution >= 4 is 17.7 Å². The van der Waals surface area contributed by atoms with E-state index in [0.29, 0.717) is 12.2 Å². The number of nitrogens with two attached hydrogens (primary N) is 1. The normalized spacial score (nSPS) is 17.8. The number of hydrogen-bond acceptors (Lipinski definition) is 7. The Hall–Kier alpha value is -3.11. The molecule has 1 aromatic heterocycles. The third kappa shape index (κ3) is 4.29. The average molecular weight is 349 g/mol. The van der Waals surface area contributed by atoms with Crippen LogP contribution in [-0.4, -0.2) is 42.2 Å². The molecule has 2 N–H and O–H groups in total. The number of nitriles is 1. The lowest BCUT2D eigenvalue weighted by atomic mass is 10.0. The number of aromatic nitrogens is 2. The Balaban J connectivity index is 2.08. The molecule has 0 fully saturated rings. The molecule has 134 valence electrons. The van der Waals surface area contributed by atoms with Crippen LogP contribution in [0.3, 0.4) is 0 Å². The summed E-state index contributed by atoms with van der Waals surface area (Å²) in [4.78, 5) is 19.1. The molecule has 7 nitrogen and oxygen atoms in total.